The highest BCUT2D eigenvalue weighted by molar-refractivity contribution is 7.10. The van der Waals surface area contributed by atoms with Gasteiger partial charge in [0.15, 0.2) is 0 Å². The zero-order valence-corrected chi connectivity index (χ0v) is 14.3. The van der Waals surface area contributed by atoms with Crippen LogP contribution in [-0.2, 0) is 11.2 Å². The van der Waals surface area contributed by atoms with Crippen LogP contribution in [0.1, 0.15) is 48.6 Å². The standard InChI is InChI=1S/C18H23N3OS/c1-13-6-9-23-17(13)4-5-18(22)21-14-2-3-15(21)11-16(10-14)20-8-7-19-12-20/h6-9,12,14-16H,2-5,10-11H2,1H3. The number of amides is 1. The van der Waals surface area contributed by atoms with Crippen molar-refractivity contribution >= 4 is 17.2 Å². The summed E-state index contributed by atoms with van der Waals surface area (Å²) in [4.78, 5) is 20.5. The Morgan fingerprint density at radius 3 is 2.70 bits per heavy atom. The van der Waals surface area contributed by atoms with E-state index in [1.54, 1.807) is 11.3 Å². The van der Waals surface area contributed by atoms with Crippen LogP contribution in [0.25, 0.3) is 0 Å². The van der Waals surface area contributed by atoms with Crippen LogP contribution in [-0.4, -0.2) is 32.4 Å². The van der Waals surface area contributed by atoms with Crippen molar-refractivity contribution in [1.82, 2.24) is 14.5 Å². The first-order valence-electron chi connectivity index (χ1n) is 8.54. The second-order valence-corrected chi connectivity index (χ2v) is 7.85. The van der Waals surface area contributed by atoms with Crippen molar-refractivity contribution in [2.24, 2.45) is 0 Å². The van der Waals surface area contributed by atoms with Gasteiger partial charge in [0.25, 0.3) is 0 Å². The zero-order chi connectivity index (χ0) is 15.8. The Hall–Kier alpha value is -1.62. The summed E-state index contributed by atoms with van der Waals surface area (Å²) in [5.74, 6) is 0.356. The minimum absolute atomic E-state index is 0.356. The van der Waals surface area contributed by atoms with E-state index in [0.717, 1.165) is 19.3 Å². The molecule has 2 aromatic rings. The number of rotatable bonds is 4. The second-order valence-electron chi connectivity index (χ2n) is 6.85. The van der Waals surface area contributed by atoms with Crippen molar-refractivity contribution in [2.45, 2.75) is 63.6 Å². The summed E-state index contributed by atoms with van der Waals surface area (Å²) in [5.41, 5.74) is 1.32. The van der Waals surface area contributed by atoms with Crippen molar-refractivity contribution in [1.29, 1.82) is 0 Å². The Labute approximate surface area is 141 Å². The minimum atomic E-state index is 0.356. The number of aryl methyl sites for hydroxylation is 2. The summed E-state index contributed by atoms with van der Waals surface area (Å²) >= 11 is 1.77. The lowest BCUT2D eigenvalue weighted by Gasteiger charge is -2.39. The number of carbonyl (C=O) groups is 1. The lowest BCUT2D eigenvalue weighted by atomic mass is 9.96. The Kier molecular flexibility index (Phi) is 3.97. The van der Waals surface area contributed by atoms with Crippen LogP contribution in [0.15, 0.2) is 30.2 Å². The fourth-order valence-electron chi connectivity index (χ4n) is 4.29. The van der Waals surface area contributed by atoms with E-state index >= 15 is 0 Å². The van der Waals surface area contributed by atoms with Crippen LogP contribution in [0.4, 0.5) is 0 Å². The first-order valence-corrected chi connectivity index (χ1v) is 9.42. The highest BCUT2D eigenvalue weighted by Gasteiger charge is 2.43. The van der Waals surface area contributed by atoms with Gasteiger partial charge in [-0.25, -0.2) is 4.98 Å². The summed E-state index contributed by atoms with van der Waals surface area (Å²) in [6.07, 6.45) is 11.9. The van der Waals surface area contributed by atoms with Crippen LogP contribution in [0, 0.1) is 6.92 Å². The largest absolute Gasteiger partial charge is 0.337 e. The fraction of sp³-hybridized carbons (Fsp3) is 0.556. The maximum absolute atomic E-state index is 12.8. The third-order valence-electron chi connectivity index (χ3n) is 5.48. The van der Waals surface area contributed by atoms with Gasteiger partial charge in [0, 0.05) is 41.8 Å². The number of hydrogen-bond donors (Lipinski definition) is 0. The third-order valence-corrected chi connectivity index (χ3v) is 6.56. The molecule has 4 rings (SSSR count). The van der Waals surface area contributed by atoms with E-state index in [0.29, 0.717) is 30.5 Å². The van der Waals surface area contributed by atoms with Gasteiger partial charge in [-0.15, -0.1) is 11.3 Å². The molecular weight excluding hydrogens is 306 g/mol. The number of thiophene rings is 1. The number of nitrogens with zero attached hydrogens (tertiary/aromatic N) is 3. The molecule has 2 fully saturated rings. The van der Waals surface area contributed by atoms with Crippen molar-refractivity contribution in [2.75, 3.05) is 0 Å². The summed E-state index contributed by atoms with van der Waals surface area (Å²) < 4.78 is 2.22. The van der Waals surface area contributed by atoms with Gasteiger partial charge in [-0.05, 0) is 56.0 Å². The highest BCUT2D eigenvalue weighted by Crippen LogP contribution is 2.41. The molecule has 2 aromatic heterocycles. The van der Waals surface area contributed by atoms with E-state index < -0.39 is 0 Å². The second kappa shape index (κ2) is 6.11. The molecule has 122 valence electrons. The molecule has 2 bridgehead atoms. The quantitative estimate of drug-likeness (QED) is 0.860. The smallest absolute Gasteiger partial charge is 0.223 e. The molecule has 0 spiro atoms. The highest BCUT2D eigenvalue weighted by atomic mass is 32.1. The van der Waals surface area contributed by atoms with Gasteiger partial charge >= 0.3 is 0 Å². The topological polar surface area (TPSA) is 38.1 Å². The third kappa shape index (κ3) is 2.82. The van der Waals surface area contributed by atoms with Crippen molar-refractivity contribution in [3.05, 3.63) is 40.6 Å². The Bertz CT molecular complexity index is 664. The Balaban J connectivity index is 1.40. The maximum atomic E-state index is 12.8. The van der Waals surface area contributed by atoms with Gasteiger partial charge in [0.2, 0.25) is 5.91 Å². The molecule has 0 saturated carbocycles. The van der Waals surface area contributed by atoms with Gasteiger partial charge in [-0.2, -0.15) is 0 Å². The van der Waals surface area contributed by atoms with Crippen LogP contribution < -0.4 is 0 Å². The normalized spacial score (nSPS) is 26.7. The predicted octanol–water partition coefficient (Wildman–Crippen LogP) is 3.58. The molecule has 2 aliphatic heterocycles. The molecule has 2 atom stereocenters. The maximum Gasteiger partial charge on any atom is 0.223 e. The molecule has 1 amide bonds. The van der Waals surface area contributed by atoms with Gasteiger partial charge in [0.05, 0.1) is 6.33 Å². The number of fused-ring (bicyclic) bond motifs is 2. The van der Waals surface area contributed by atoms with Gasteiger partial charge in [-0.3, -0.25) is 4.79 Å². The molecule has 5 heteroatoms. The summed E-state index contributed by atoms with van der Waals surface area (Å²) in [5, 5.41) is 2.12. The van der Waals surface area contributed by atoms with Gasteiger partial charge in [-0.1, -0.05) is 0 Å². The van der Waals surface area contributed by atoms with E-state index in [2.05, 4.69) is 39.0 Å². The van der Waals surface area contributed by atoms with E-state index in [1.165, 1.54) is 23.3 Å². The first kappa shape index (κ1) is 14.9. The summed E-state index contributed by atoms with van der Waals surface area (Å²) in [6.45, 7) is 2.14. The SMILES string of the molecule is Cc1ccsc1CCC(=O)N1C2CCC1CC(n1ccnc1)C2. The Morgan fingerprint density at radius 1 is 1.30 bits per heavy atom. The minimum Gasteiger partial charge on any atom is -0.337 e. The molecule has 0 N–H and O–H groups in total. The predicted molar refractivity (Wildman–Crippen MR) is 91.5 cm³/mol. The number of piperidine rings is 1. The van der Waals surface area contributed by atoms with E-state index in [-0.39, 0.29) is 0 Å². The van der Waals surface area contributed by atoms with Crippen molar-refractivity contribution in [3.8, 4) is 0 Å². The van der Waals surface area contributed by atoms with E-state index in [9.17, 15) is 4.79 Å². The molecule has 2 saturated heterocycles. The summed E-state index contributed by atoms with van der Waals surface area (Å²) in [7, 11) is 0. The van der Waals surface area contributed by atoms with Crippen LogP contribution >= 0.6 is 11.3 Å². The number of imidazole rings is 1. The molecule has 4 nitrogen and oxygen atoms in total. The summed E-state index contributed by atoms with van der Waals surface area (Å²) in [6, 6.07) is 3.51. The lowest BCUT2D eigenvalue weighted by molar-refractivity contribution is -0.136. The molecule has 2 aliphatic rings. The monoisotopic (exact) mass is 329 g/mol. The fourth-order valence-corrected chi connectivity index (χ4v) is 5.20. The molecule has 2 unspecified atom stereocenters. The lowest BCUT2D eigenvalue weighted by Crippen LogP contribution is -2.46. The van der Waals surface area contributed by atoms with E-state index in [4.69, 9.17) is 0 Å². The van der Waals surface area contributed by atoms with Crippen LogP contribution in [0.5, 0.6) is 0 Å². The zero-order valence-electron chi connectivity index (χ0n) is 13.5. The molecule has 0 aromatic carbocycles. The molecule has 0 radical (unpaired) electrons. The Morgan fingerprint density at radius 2 is 2.09 bits per heavy atom. The number of carbonyl (C=O) groups excluding carboxylic acids is 1. The van der Waals surface area contributed by atoms with E-state index in [1.807, 2.05) is 12.5 Å². The van der Waals surface area contributed by atoms with Crippen molar-refractivity contribution < 1.29 is 4.79 Å². The molecule has 4 heterocycles. The average molecular weight is 329 g/mol. The number of hydrogen-bond acceptors (Lipinski definition) is 3. The van der Waals surface area contributed by atoms with Crippen molar-refractivity contribution in [3.63, 3.8) is 0 Å². The van der Waals surface area contributed by atoms with Gasteiger partial charge < -0.3 is 9.47 Å². The van der Waals surface area contributed by atoms with Crippen LogP contribution in [0.3, 0.4) is 0 Å². The molecule has 23 heavy (non-hydrogen) atoms. The first-order chi connectivity index (χ1) is 11.2. The average Bonchev–Trinajstić information content (AvgIpc) is 3.26. The molecule has 0 aliphatic carbocycles. The molecular formula is C18H23N3OS. The van der Waals surface area contributed by atoms with Crippen LogP contribution in [0.2, 0.25) is 0 Å². The van der Waals surface area contributed by atoms with Gasteiger partial charge in [0.1, 0.15) is 0 Å². The number of aromatic nitrogens is 2.